The number of nitrogens with one attached hydrogen (secondary N) is 1. The zero-order valence-corrected chi connectivity index (χ0v) is 15.3. The molecule has 0 saturated heterocycles. The van der Waals surface area contributed by atoms with Gasteiger partial charge in [0.1, 0.15) is 5.76 Å². The van der Waals surface area contributed by atoms with E-state index in [2.05, 4.69) is 29.4 Å². The fourth-order valence-corrected chi connectivity index (χ4v) is 3.16. The first kappa shape index (κ1) is 17.2. The maximum atomic E-state index is 12.4. The monoisotopic (exact) mass is 340 g/mol. The Balaban J connectivity index is 1.71. The lowest BCUT2D eigenvalue weighted by Crippen LogP contribution is -2.15. The molecule has 6 nitrogen and oxygen atoms in total. The molecule has 0 radical (unpaired) electrons. The van der Waals surface area contributed by atoms with E-state index in [1.807, 2.05) is 49.8 Å². The zero-order chi connectivity index (χ0) is 18.1. The molecule has 3 aromatic rings. The van der Waals surface area contributed by atoms with E-state index in [0.29, 0.717) is 12.5 Å². The highest BCUT2D eigenvalue weighted by molar-refractivity contribution is 5.93. The average molecular weight is 340 g/mol. The molecule has 0 aliphatic rings. The number of fused-ring (bicyclic) bond motifs is 1. The van der Waals surface area contributed by atoms with Gasteiger partial charge in [-0.25, -0.2) is 0 Å². The van der Waals surface area contributed by atoms with Crippen LogP contribution < -0.4 is 5.32 Å². The second kappa shape index (κ2) is 6.70. The van der Waals surface area contributed by atoms with E-state index in [1.165, 1.54) is 0 Å². The van der Waals surface area contributed by atoms with Gasteiger partial charge in [-0.15, -0.1) is 0 Å². The molecule has 0 aliphatic heterocycles. The molecule has 0 saturated carbocycles. The summed E-state index contributed by atoms with van der Waals surface area (Å²) in [6, 6.07) is 6.11. The van der Waals surface area contributed by atoms with E-state index in [0.717, 1.165) is 33.6 Å². The summed E-state index contributed by atoms with van der Waals surface area (Å²) < 4.78 is 7.12. The van der Waals surface area contributed by atoms with Crippen LogP contribution in [0.2, 0.25) is 0 Å². The van der Waals surface area contributed by atoms with E-state index >= 15 is 0 Å². The Morgan fingerprint density at radius 2 is 2.04 bits per heavy atom. The van der Waals surface area contributed by atoms with Gasteiger partial charge >= 0.3 is 0 Å². The average Bonchev–Trinajstić information content (AvgIpc) is 3.10. The lowest BCUT2D eigenvalue weighted by Gasteiger charge is -2.11. The van der Waals surface area contributed by atoms with Crippen LogP contribution in [0.15, 0.2) is 28.9 Å². The van der Waals surface area contributed by atoms with Gasteiger partial charge in [0.2, 0.25) is 5.91 Å². The molecular formula is C19H24N4O2. The lowest BCUT2D eigenvalue weighted by molar-refractivity contribution is -0.116. The molecule has 0 bridgehead atoms. The maximum Gasteiger partial charge on any atom is 0.224 e. The Hall–Kier alpha value is -2.63. The SMILES string of the molecule is Cc1noc(C)c1C(C)CC(=O)Nc1ccc2cn(C(C)C)nc2c1. The number of aryl methyl sites for hydroxylation is 2. The Kier molecular flexibility index (Phi) is 4.61. The van der Waals surface area contributed by atoms with Crippen LogP contribution in [0.5, 0.6) is 0 Å². The number of aromatic nitrogens is 3. The zero-order valence-electron chi connectivity index (χ0n) is 15.3. The first-order valence-electron chi connectivity index (χ1n) is 8.56. The van der Waals surface area contributed by atoms with Crippen molar-refractivity contribution < 1.29 is 9.32 Å². The second-order valence-corrected chi connectivity index (χ2v) is 6.87. The summed E-state index contributed by atoms with van der Waals surface area (Å²) in [6.45, 7) is 9.97. The highest BCUT2D eigenvalue weighted by Gasteiger charge is 2.19. The number of benzene rings is 1. The number of amides is 1. The highest BCUT2D eigenvalue weighted by Crippen LogP contribution is 2.26. The molecular weight excluding hydrogens is 316 g/mol. The van der Waals surface area contributed by atoms with Crippen molar-refractivity contribution in [1.82, 2.24) is 14.9 Å². The number of nitrogens with zero attached hydrogens (tertiary/aromatic N) is 3. The van der Waals surface area contributed by atoms with Gasteiger partial charge in [-0.2, -0.15) is 5.10 Å². The summed E-state index contributed by atoms with van der Waals surface area (Å²) in [4.78, 5) is 12.4. The van der Waals surface area contributed by atoms with Crippen LogP contribution in [0, 0.1) is 13.8 Å². The third-order valence-corrected chi connectivity index (χ3v) is 4.41. The molecule has 132 valence electrons. The predicted octanol–water partition coefficient (Wildman–Crippen LogP) is 4.35. The molecule has 2 aromatic heterocycles. The molecule has 2 heterocycles. The molecule has 3 rings (SSSR count). The molecule has 1 aromatic carbocycles. The fourth-order valence-electron chi connectivity index (χ4n) is 3.16. The molecule has 1 atom stereocenters. The van der Waals surface area contributed by atoms with Crippen LogP contribution in [0.1, 0.15) is 56.2 Å². The van der Waals surface area contributed by atoms with Crippen molar-refractivity contribution in [2.45, 2.75) is 53.0 Å². The minimum absolute atomic E-state index is 0.0323. The van der Waals surface area contributed by atoms with Gasteiger partial charge in [0.15, 0.2) is 0 Å². The van der Waals surface area contributed by atoms with Crippen LogP contribution in [-0.2, 0) is 4.79 Å². The van der Waals surface area contributed by atoms with Gasteiger partial charge in [-0.3, -0.25) is 9.48 Å². The molecule has 1 N–H and O–H groups in total. The summed E-state index contributed by atoms with van der Waals surface area (Å²) in [5, 5.41) is 12.5. The van der Waals surface area contributed by atoms with Crippen LogP contribution in [0.4, 0.5) is 5.69 Å². The molecule has 0 aliphatic carbocycles. The first-order valence-corrected chi connectivity index (χ1v) is 8.56. The number of rotatable bonds is 5. The minimum atomic E-state index is -0.0323. The van der Waals surface area contributed by atoms with Crippen molar-refractivity contribution in [2.75, 3.05) is 5.32 Å². The smallest absolute Gasteiger partial charge is 0.224 e. The summed E-state index contributed by atoms with van der Waals surface area (Å²) in [5.74, 6) is 0.795. The molecule has 25 heavy (non-hydrogen) atoms. The quantitative estimate of drug-likeness (QED) is 0.749. The minimum Gasteiger partial charge on any atom is -0.361 e. The molecule has 6 heteroatoms. The van der Waals surface area contributed by atoms with Crippen molar-refractivity contribution >= 4 is 22.5 Å². The fraction of sp³-hybridized carbons (Fsp3) is 0.421. The van der Waals surface area contributed by atoms with Crippen molar-refractivity contribution in [2.24, 2.45) is 0 Å². The predicted molar refractivity (Wildman–Crippen MR) is 97.8 cm³/mol. The Bertz CT molecular complexity index is 888. The van der Waals surface area contributed by atoms with Crippen molar-refractivity contribution in [1.29, 1.82) is 0 Å². The van der Waals surface area contributed by atoms with E-state index in [9.17, 15) is 4.79 Å². The Morgan fingerprint density at radius 3 is 2.68 bits per heavy atom. The van der Waals surface area contributed by atoms with Gasteiger partial charge in [-0.05, 0) is 51.8 Å². The standard InChI is InChI=1S/C19H24N4O2/c1-11(2)23-10-15-6-7-16(9-17(15)21-23)20-18(24)8-12(3)19-13(4)22-25-14(19)5/h6-7,9-12H,8H2,1-5H3,(H,20,24). The molecule has 1 unspecified atom stereocenters. The molecule has 0 fully saturated rings. The third-order valence-electron chi connectivity index (χ3n) is 4.41. The van der Waals surface area contributed by atoms with E-state index in [-0.39, 0.29) is 11.8 Å². The van der Waals surface area contributed by atoms with Crippen molar-refractivity contribution in [3.05, 3.63) is 41.4 Å². The number of hydrogen-bond donors (Lipinski definition) is 1. The molecule has 1 amide bonds. The van der Waals surface area contributed by atoms with Gasteiger partial charge in [0.25, 0.3) is 0 Å². The van der Waals surface area contributed by atoms with E-state index in [1.54, 1.807) is 0 Å². The van der Waals surface area contributed by atoms with Crippen LogP contribution >= 0.6 is 0 Å². The van der Waals surface area contributed by atoms with E-state index in [4.69, 9.17) is 4.52 Å². The van der Waals surface area contributed by atoms with Crippen LogP contribution in [0.25, 0.3) is 10.9 Å². The van der Waals surface area contributed by atoms with Gasteiger partial charge < -0.3 is 9.84 Å². The maximum absolute atomic E-state index is 12.4. The summed E-state index contributed by atoms with van der Waals surface area (Å²) >= 11 is 0. The summed E-state index contributed by atoms with van der Waals surface area (Å²) in [5.41, 5.74) is 3.50. The van der Waals surface area contributed by atoms with E-state index < -0.39 is 0 Å². The summed E-state index contributed by atoms with van der Waals surface area (Å²) in [7, 11) is 0. The lowest BCUT2D eigenvalue weighted by atomic mass is 9.96. The normalized spacial score (nSPS) is 12.7. The van der Waals surface area contributed by atoms with Crippen LogP contribution in [-0.4, -0.2) is 20.8 Å². The number of carbonyl (C=O) groups excluding carboxylic acids is 1. The van der Waals surface area contributed by atoms with Crippen molar-refractivity contribution in [3.8, 4) is 0 Å². The third kappa shape index (κ3) is 3.57. The second-order valence-electron chi connectivity index (χ2n) is 6.87. The van der Waals surface area contributed by atoms with Gasteiger partial charge in [-0.1, -0.05) is 12.1 Å². The van der Waals surface area contributed by atoms with Crippen LogP contribution in [0.3, 0.4) is 0 Å². The highest BCUT2D eigenvalue weighted by atomic mass is 16.5. The first-order chi connectivity index (χ1) is 11.8. The van der Waals surface area contributed by atoms with Crippen molar-refractivity contribution in [3.63, 3.8) is 0 Å². The summed E-state index contributed by atoms with van der Waals surface area (Å²) in [6.07, 6.45) is 2.40. The number of hydrogen-bond acceptors (Lipinski definition) is 4. The Labute approximate surface area is 147 Å². The number of carbonyl (C=O) groups is 1. The molecule has 0 spiro atoms. The number of anilines is 1. The topological polar surface area (TPSA) is 73.0 Å². The van der Waals surface area contributed by atoms with Gasteiger partial charge in [0, 0.05) is 35.3 Å². The van der Waals surface area contributed by atoms with Gasteiger partial charge in [0.05, 0.1) is 11.2 Å². The Morgan fingerprint density at radius 1 is 1.28 bits per heavy atom. The largest absolute Gasteiger partial charge is 0.361 e.